The van der Waals surface area contributed by atoms with Gasteiger partial charge in [0.1, 0.15) is 5.69 Å². The molecule has 0 aliphatic rings. The Bertz CT molecular complexity index is 557. The van der Waals surface area contributed by atoms with Crippen LogP contribution in [-0.2, 0) is 0 Å². The smallest absolute Gasteiger partial charge is 0.153 e. The largest absolute Gasteiger partial charge is 0.298 e. The van der Waals surface area contributed by atoms with Gasteiger partial charge in [-0.15, -0.1) is 0 Å². The van der Waals surface area contributed by atoms with E-state index >= 15 is 0 Å². The van der Waals surface area contributed by atoms with Gasteiger partial charge < -0.3 is 0 Å². The summed E-state index contributed by atoms with van der Waals surface area (Å²) in [4.78, 5) is 11.2. The Labute approximate surface area is 107 Å². The first-order valence-electron chi connectivity index (χ1n) is 6.27. The number of aromatic nitrogens is 2. The van der Waals surface area contributed by atoms with Gasteiger partial charge in [0.15, 0.2) is 6.29 Å². The summed E-state index contributed by atoms with van der Waals surface area (Å²) in [5.74, 6) is 0. The first kappa shape index (κ1) is 12.6. The third-order valence-electron chi connectivity index (χ3n) is 3.22. The number of rotatable bonds is 4. The molecule has 2 aromatic rings. The summed E-state index contributed by atoms with van der Waals surface area (Å²) in [6.07, 6.45) is 3.70. The minimum Gasteiger partial charge on any atom is -0.298 e. The predicted octanol–water partition coefficient (Wildman–Crippen LogP) is 3.64. The number of hydrogen-bond donors (Lipinski definition) is 0. The molecule has 1 atom stereocenters. The monoisotopic (exact) mass is 242 g/mol. The van der Waals surface area contributed by atoms with E-state index in [0.717, 1.165) is 24.0 Å². The van der Waals surface area contributed by atoms with Crippen molar-refractivity contribution in [3.05, 3.63) is 41.6 Å². The van der Waals surface area contributed by atoms with Crippen molar-refractivity contribution in [2.75, 3.05) is 0 Å². The van der Waals surface area contributed by atoms with Gasteiger partial charge in [-0.1, -0.05) is 30.7 Å². The highest BCUT2D eigenvalue weighted by Crippen LogP contribution is 2.23. The van der Waals surface area contributed by atoms with Crippen LogP contribution < -0.4 is 0 Å². The Morgan fingerprint density at radius 2 is 2.22 bits per heavy atom. The van der Waals surface area contributed by atoms with Crippen molar-refractivity contribution in [3.63, 3.8) is 0 Å². The Balaban J connectivity index is 2.50. The fraction of sp³-hybridized carbons (Fsp3) is 0.333. The molecule has 3 nitrogen and oxygen atoms in total. The van der Waals surface area contributed by atoms with Gasteiger partial charge in [0.05, 0.1) is 5.56 Å². The standard InChI is InChI=1S/C15H18N2O/c1-4-12(3)17-9-14(10-18)15(16-17)13-7-5-6-11(2)8-13/h5-10,12H,4H2,1-3H3. The average molecular weight is 242 g/mol. The van der Waals surface area contributed by atoms with Gasteiger partial charge >= 0.3 is 0 Å². The van der Waals surface area contributed by atoms with Crippen LogP contribution in [0.15, 0.2) is 30.5 Å². The molecule has 0 fully saturated rings. The Hall–Kier alpha value is -1.90. The lowest BCUT2D eigenvalue weighted by Crippen LogP contribution is -2.04. The number of aldehydes is 1. The SMILES string of the molecule is CCC(C)n1cc(C=O)c(-c2cccc(C)c2)n1. The summed E-state index contributed by atoms with van der Waals surface area (Å²) in [7, 11) is 0. The molecule has 1 aromatic carbocycles. The number of carbonyl (C=O) groups is 1. The summed E-state index contributed by atoms with van der Waals surface area (Å²) in [6.45, 7) is 6.25. The molecule has 0 spiro atoms. The molecule has 3 heteroatoms. The molecule has 0 aliphatic carbocycles. The average Bonchev–Trinajstić information content (AvgIpc) is 2.82. The summed E-state index contributed by atoms with van der Waals surface area (Å²) in [5, 5.41) is 4.55. The van der Waals surface area contributed by atoms with Gasteiger partial charge in [-0.25, -0.2) is 0 Å². The van der Waals surface area contributed by atoms with Gasteiger partial charge in [0.25, 0.3) is 0 Å². The molecule has 1 heterocycles. The van der Waals surface area contributed by atoms with Crippen LogP contribution in [-0.4, -0.2) is 16.1 Å². The molecule has 0 saturated carbocycles. The Kier molecular flexibility index (Phi) is 3.60. The third-order valence-corrected chi connectivity index (χ3v) is 3.22. The molecule has 0 N–H and O–H groups in total. The second kappa shape index (κ2) is 5.17. The zero-order valence-corrected chi connectivity index (χ0v) is 11.1. The van der Waals surface area contributed by atoms with E-state index in [0.29, 0.717) is 11.6 Å². The highest BCUT2D eigenvalue weighted by Gasteiger charge is 2.13. The molecule has 94 valence electrons. The van der Waals surface area contributed by atoms with E-state index in [9.17, 15) is 4.79 Å². The van der Waals surface area contributed by atoms with Crippen molar-refractivity contribution in [2.24, 2.45) is 0 Å². The third kappa shape index (κ3) is 2.35. The first-order valence-corrected chi connectivity index (χ1v) is 6.27. The van der Waals surface area contributed by atoms with Crippen LogP contribution in [0.25, 0.3) is 11.3 Å². The van der Waals surface area contributed by atoms with Crippen molar-refractivity contribution in [3.8, 4) is 11.3 Å². The maximum atomic E-state index is 11.2. The van der Waals surface area contributed by atoms with Gasteiger partial charge in [0.2, 0.25) is 0 Å². The van der Waals surface area contributed by atoms with Crippen LogP contribution in [0.5, 0.6) is 0 Å². The normalized spacial score (nSPS) is 12.4. The fourth-order valence-corrected chi connectivity index (χ4v) is 1.92. The van der Waals surface area contributed by atoms with Crippen LogP contribution in [0.4, 0.5) is 0 Å². The highest BCUT2D eigenvalue weighted by atomic mass is 16.1. The van der Waals surface area contributed by atoms with Crippen molar-refractivity contribution in [1.82, 2.24) is 9.78 Å². The zero-order chi connectivity index (χ0) is 13.1. The topological polar surface area (TPSA) is 34.9 Å². The van der Waals surface area contributed by atoms with E-state index in [-0.39, 0.29) is 0 Å². The lowest BCUT2D eigenvalue weighted by molar-refractivity contribution is 0.112. The van der Waals surface area contributed by atoms with E-state index in [4.69, 9.17) is 0 Å². The molecule has 0 bridgehead atoms. The minimum absolute atomic E-state index is 0.308. The van der Waals surface area contributed by atoms with E-state index in [1.54, 1.807) is 0 Å². The van der Waals surface area contributed by atoms with Crippen LogP contribution in [0.1, 0.15) is 42.2 Å². The van der Waals surface area contributed by atoms with Crippen LogP contribution >= 0.6 is 0 Å². The van der Waals surface area contributed by atoms with Crippen molar-refractivity contribution in [1.29, 1.82) is 0 Å². The molecule has 1 aromatic heterocycles. The van der Waals surface area contributed by atoms with Crippen LogP contribution in [0, 0.1) is 6.92 Å². The number of nitrogens with zero attached hydrogens (tertiary/aromatic N) is 2. The Morgan fingerprint density at radius 3 is 2.83 bits per heavy atom. The van der Waals surface area contributed by atoms with Crippen molar-refractivity contribution in [2.45, 2.75) is 33.2 Å². The second-order valence-corrected chi connectivity index (χ2v) is 4.66. The van der Waals surface area contributed by atoms with Gasteiger partial charge in [0, 0.05) is 17.8 Å². The summed E-state index contributed by atoms with van der Waals surface area (Å²) < 4.78 is 1.88. The van der Waals surface area contributed by atoms with E-state index < -0.39 is 0 Å². The summed E-state index contributed by atoms with van der Waals surface area (Å²) in [5.41, 5.74) is 3.59. The van der Waals surface area contributed by atoms with Crippen LogP contribution in [0.3, 0.4) is 0 Å². The lowest BCUT2D eigenvalue weighted by Gasteiger charge is -2.08. The maximum Gasteiger partial charge on any atom is 0.153 e. The summed E-state index contributed by atoms with van der Waals surface area (Å²) in [6, 6.07) is 8.37. The lowest BCUT2D eigenvalue weighted by atomic mass is 10.1. The van der Waals surface area contributed by atoms with Gasteiger partial charge in [-0.05, 0) is 26.3 Å². The molecule has 18 heavy (non-hydrogen) atoms. The van der Waals surface area contributed by atoms with Crippen molar-refractivity contribution >= 4 is 6.29 Å². The molecule has 0 saturated heterocycles. The zero-order valence-electron chi connectivity index (χ0n) is 11.1. The second-order valence-electron chi connectivity index (χ2n) is 4.66. The highest BCUT2D eigenvalue weighted by molar-refractivity contribution is 5.85. The van der Waals surface area contributed by atoms with Gasteiger partial charge in [-0.2, -0.15) is 5.10 Å². The predicted molar refractivity (Wildman–Crippen MR) is 72.8 cm³/mol. The number of benzene rings is 1. The quantitative estimate of drug-likeness (QED) is 0.767. The van der Waals surface area contributed by atoms with Crippen LogP contribution in [0.2, 0.25) is 0 Å². The van der Waals surface area contributed by atoms with E-state index in [1.807, 2.05) is 36.0 Å². The van der Waals surface area contributed by atoms with Gasteiger partial charge in [-0.3, -0.25) is 9.48 Å². The molecular formula is C15H18N2O. The molecule has 0 aliphatic heterocycles. The van der Waals surface area contributed by atoms with Crippen molar-refractivity contribution < 1.29 is 4.79 Å². The maximum absolute atomic E-state index is 11.2. The molecule has 2 rings (SSSR count). The minimum atomic E-state index is 0.308. The molecule has 0 amide bonds. The van der Waals surface area contributed by atoms with E-state index in [1.165, 1.54) is 5.56 Å². The fourth-order valence-electron chi connectivity index (χ4n) is 1.92. The summed E-state index contributed by atoms with van der Waals surface area (Å²) >= 11 is 0. The first-order chi connectivity index (χ1) is 8.65. The molecule has 0 radical (unpaired) electrons. The number of aryl methyl sites for hydroxylation is 1. The van der Waals surface area contributed by atoms with E-state index in [2.05, 4.69) is 25.0 Å². The number of hydrogen-bond acceptors (Lipinski definition) is 2. The molecular weight excluding hydrogens is 224 g/mol. The molecule has 1 unspecified atom stereocenters. The number of carbonyl (C=O) groups excluding carboxylic acids is 1. The Morgan fingerprint density at radius 1 is 1.44 bits per heavy atom.